The molecule has 0 aliphatic rings. The molecule has 0 aliphatic heterocycles. The monoisotopic (exact) mass is 313 g/mol. The summed E-state index contributed by atoms with van der Waals surface area (Å²) in [6.07, 6.45) is 2.62. The molecule has 4 nitrogen and oxygen atoms in total. The van der Waals surface area contributed by atoms with Crippen molar-refractivity contribution in [3.8, 4) is 0 Å². The Morgan fingerprint density at radius 3 is 2.75 bits per heavy atom. The number of nitrogens with zero attached hydrogens (tertiary/aromatic N) is 3. The second-order valence-corrected chi connectivity index (χ2v) is 4.88. The van der Waals surface area contributed by atoms with Crippen LogP contribution < -0.4 is 0 Å². The van der Waals surface area contributed by atoms with Gasteiger partial charge in [0.15, 0.2) is 0 Å². The molecule has 1 aromatic heterocycles. The molecular weight excluding hydrogens is 304 g/mol. The second-order valence-electron chi connectivity index (χ2n) is 4.09. The third-order valence-corrected chi connectivity index (χ3v) is 3.16. The Labute approximate surface area is 125 Å². The van der Waals surface area contributed by atoms with Crippen LogP contribution in [0.5, 0.6) is 0 Å². The fraction of sp³-hybridized carbons (Fsp3) is 0.154. The van der Waals surface area contributed by atoms with Crippen LogP contribution in [-0.2, 0) is 6.54 Å². The Hall–Kier alpha value is -1.72. The first kappa shape index (κ1) is 14.7. The van der Waals surface area contributed by atoms with Gasteiger partial charge in [0.1, 0.15) is 16.7 Å². The van der Waals surface area contributed by atoms with Crippen LogP contribution in [0, 0.1) is 5.82 Å². The van der Waals surface area contributed by atoms with Crippen LogP contribution in [-0.4, -0.2) is 27.8 Å². The summed E-state index contributed by atoms with van der Waals surface area (Å²) in [5, 5.41) is 0.384. The van der Waals surface area contributed by atoms with Gasteiger partial charge in [-0.3, -0.25) is 9.78 Å². The van der Waals surface area contributed by atoms with E-state index < -0.39 is 11.7 Å². The van der Waals surface area contributed by atoms with Crippen molar-refractivity contribution in [1.82, 2.24) is 14.9 Å². The molecule has 2 aromatic rings. The number of hydrogen-bond acceptors (Lipinski definition) is 3. The van der Waals surface area contributed by atoms with Gasteiger partial charge in [-0.15, -0.1) is 0 Å². The van der Waals surface area contributed by atoms with Gasteiger partial charge in [-0.1, -0.05) is 29.3 Å². The van der Waals surface area contributed by atoms with Crippen molar-refractivity contribution in [2.75, 3.05) is 7.05 Å². The highest BCUT2D eigenvalue weighted by molar-refractivity contribution is 6.31. The highest BCUT2D eigenvalue weighted by atomic mass is 35.5. The molecule has 0 bridgehead atoms. The molecule has 0 N–H and O–H groups in total. The van der Waals surface area contributed by atoms with Crippen LogP contribution in [0.2, 0.25) is 10.2 Å². The molecule has 0 aliphatic carbocycles. The van der Waals surface area contributed by atoms with E-state index in [0.29, 0.717) is 0 Å². The zero-order valence-electron chi connectivity index (χ0n) is 10.5. The molecule has 7 heteroatoms. The highest BCUT2D eigenvalue weighted by Gasteiger charge is 2.17. The van der Waals surface area contributed by atoms with Gasteiger partial charge in [-0.25, -0.2) is 9.37 Å². The maximum Gasteiger partial charge on any atom is 0.274 e. The minimum atomic E-state index is -0.464. The fourth-order valence-corrected chi connectivity index (χ4v) is 2.00. The van der Waals surface area contributed by atoms with Gasteiger partial charge in [0.2, 0.25) is 0 Å². The maximum atomic E-state index is 13.7. The Morgan fingerprint density at radius 1 is 1.35 bits per heavy atom. The summed E-state index contributed by atoms with van der Waals surface area (Å²) in [6.45, 7) is 0.0263. The average Bonchev–Trinajstić information content (AvgIpc) is 2.42. The van der Waals surface area contributed by atoms with Gasteiger partial charge < -0.3 is 4.90 Å². The van der Waals surface area contributed by atoms with E-state index in [2.05, 4.69) is 9.97 Å². The number of carbonyl (C=O) groups is 1. The number of amides is 1. The number of benzene rings is 1. The summed E-state index contributed by atoms with van der Waals surface area (Å²) < 4.78 is 13.7. The first-order valence-electron chi connectivity index (χ1n) is 5.65. The lowest BCUT2D eigenvalue weighted by molar-refractivity contribution is 0.0777. The Bertz CT molecular complexity index is 631. The first-order chi connectivity index (χ1) is 9.49. The van der Waals surface area contributed by atoms with Gasteiger partial charge in [-0.2, -0.15) is 0 Å². The van der Waals surface area contributed by atoms with Crippen molar-refractivity contribution in [2.24, 2.45) is 0 Å². The quantitative estimate of drug-likeness (QED) is 0.874. The largest absolute Gasteiger partial charge is 0.336 e. The number of rotatable bonds is 3. The van der Waals surface area contributed by atoms with Crippen LogP contribution >= 0.6 is 23.2 Å². The SMILES string of the molecule is CN(Cc1c(F)cccc1Cl)C(=O)c1cncc(Cl)n1. The van der Waals surface area contributed by atoms with Crippen molar-refractivity contribution in [1.29, 1.82) is 0 Å². The molecule has 0 spiro atoms. The Balaban J connectivity index is 2.20. The highest BCUT2D eigenvalue weighted by Crippen LogP contribution is 2.20. The predicted octanol–water partition coefficient (Wildman–Crippen LogP) is 3.19. The molecule has 1 amide bonds. The molecule has 0 saturated carbocycles. The number of halogens is 3. The summed E-state index contributed by atoms with van der Waals surface area (Å²) in [7, 11) is 1.52. The molecule has 1 heterocycles. The van der Waals surface area contributed by atoms with Crippen molar-refractivity contribution >= 4 is 29.1 Å². The zero-order valence-corrected chi connectivity index (χ0v) is 12.0. The van der Waals surface area contributed by atoms with E-state index in [9.17, 15) is 9.18 Å². The van der Waals surface area contributed by atoms with E-state index in [0.717, 1.165) is 0 Å². The van der Waals surface area contributed by atoms with Crippen LogP contribution in [0.3, 0.4) is 0 Å². The fourth-order valence-electron chi connectivity index (χ4n) is 1.63. The summed E-state index contributed by atoms with van der Waals surface area (Å²) >= 11 is 11.6. The van der Waals surface area contributed by atoms with E-state index in [1.165, 1.54) is 36.5 Å². The number of carbonyl (C=O) groups excluding carboxylic acids is 1. The molecule has 1 aromatic carbocycles. The third-order valence-electron chi connectivity index (χ3n) is 2.63. The summed E-state index contributed by atoms with van der Waals surface area (Å²) in [4.78, 5) is 21.1. The summed E-state index contributed by atoms with van der Waals surface area (Å²) in [5.41, 5.74) is 0.340. The molecule has 0 saturated heterocycles. The molecule has 104 valence electrons. The van der Waals surface area contributed by atoms with Gasteiger partial charge >= 0.3 is 0 Å². The van der Waals surface area contributed by atoms with Crippen molar-refractivity contribution in [3.05, 3.63) is 57.8 Å². The number of hydrogen-bond donors (Lipinski definition) is 0. The Morgan fingerprint density at radius 2 is 2.10 bits per heavy atom. The van der Waals surface area contributed by atoms with Crippen LogP contribution in [0.4, 0.5) is 4.39 Å². The molecule has 0 fully saturated rings. The third kappa shape index (κ3) is 3.23. The van der Waals surface area contributed by atoms with Crippen molar-refractivity contribution in [2.45, 2.75) is 6.54 Å². The predicted molar refractivity (Wildman–Crippen MR) is 74.2 cm³/mol. The Kier molecular flexibility index (Phi) is 4.52. The van der Waals surface area contributed by atoms with E-state index in [-0.39, 0.29) is 28.0 Å². The summed E-state index contributed by atoms with van der Waals surface area (Å²) in [6, 6.07) is 4.36. The lowest BCUT2D eigenvalue weighted by Crippen LogP contribution is -2.27. The normalized spacial score (nSPS) is 10.4. The van der Waals surface area contributed by atoms with Gasteiger partial charge in [-0.05, 0) is 12.1 Å². The number of aromatic nitrogens is 2. The van der Waals surface area contributed by atoms with Crippen LogP contribution in [0.25, 0.3) is 0 Å². The van der Waals surface area contributed by atoms with E-state index in [4.69, 9.17) is 23.2 Å². The smallest absolute Gasteiger partial charge is 0.274 e. The summed E-state index contributed by atoms with van der Waals surface area (Å²) in [5.74, 6) is -0.881. The average molecular weight is 314 g/mol. The van der Waals surface area contributed by atoms with E-state index in [1.54, 1.807) is 6.07 Å². The lowest BCUT2D eigenvalue weighted by Gasteiger charge is -2.17. The minimum absolute atomic E-state index is 0.0263. The molecule has 0 atom stereocenters. The van der Waals surface area contributed by atoms with E-state index in [1.807, 2.05) is 0 Å². The molecule has 2 rings (SSSR count). The second kappa shape index (κ2) is 6.15. The molecule has 0 unspecified atom stereocenters. The van der Waals surface area contributed by atoms with Crippen molar-refractivity contribution in [3.63, 3.8) is 0 Å². The van der Waals surface area contributed by atoms with Crippen molar-refractivity contribution < 1.29 is 9.18 Å². The minimum Gasteiger partial charge on any atom is -0.336 e. The van der Waals surface area contributed by atoms with Crippen LogP contribution in [0.1, 0.15) is 16.1 Å². The topological polar surface area (TPSA) is 46.1 Å². The lowest BCUT2D eigenvalue weighted by atomic mass is 10.2. The molecule has 20 heavy (non-hydrogen) atoms. The van der Waals surface area contributed by atoms with E-state index >= 15 is 0 Å². The van der Waals surface area contributed by atoms with Gasteiger partial charge in [0.05, 0.1) is 18.9 Å². The molecule has 0 radical (unpaired) electrons. The van der Waals surface area contributed by atoms with Gasteiger partial charge in [0, 0.05) is 17.6 Å². The van der Waals surface area contributed by atoms with Gasteiger partial charge in [0.25, 0.3) is 5.91 Å². The maximum absolute atomic E-state index is 13.7. The standard InChI is InChI=1S/C13H10Cl2FN3O/c1-19(7-8-9(14)3-2-4-10(8)16)13(20)11-5-17-6-12(15)18-11/h2-6H,7H2,1H3. The zero-order chi connectivity index (χ0) is 14.7. The molecular formula is C13H10Cl2FN3O. The first-order valence-corrected chi connectivity index (χ1v) is 6.40. The van der Waals surface area contributed by atoms with Crippen LogP contribution in [0.15, 0.2) is 30.6 Å².